The number of benzene rings is 1. The summed E-state index contributed by atoms with van der Waals surface area (Å²) in [6.07, 6.45) is 7.88. The zero-order valence-corrected chi connectivity index (χ0v) is 14.4. The first-order valence-electron chi connectivity index (χ1n) is 9.04. The van der Waals surface area contributed by atoms with Crippen molar-refractivity contribution in [2.45, 2.75) is 38.3 Å². The highest BCUT2D eigenvalue weighted by Crippen LogP contribution is 2.30. The molecule has 1 aliphatic carbocycles. The highest BCUT2D eigenvalue weighted by atomic mass is 16.1. The molecule has 1 aromatic carbocycles. The van der Waals surface area contributed by atoms with Gasteiger partial charge in [0.25, 0.3) is 5.56 Å². The van der Waals surface area contributed by atoms with Crippen molar-refractivity contribution < 1.29 is 0 Å². The maximum absolute atomic E-state index is 13.3. The SMILES string of the molecule is C=CCn1c2nc3ccccc3nc2c2c(=O)n(C3CCCC3)cnc21. The normalized spacial score (nSPS) is 15.4. The van der Waals surface area contributed by atoms with Crippen LogP contribution in [0.1, 0.15) is 31.7 Å². The molecule has 0 atom stereocenters. The Kier molecular flexibility index (Phi) is 3.38. The lowest BCUT2D eigenvalue weighted by molar-refractivity contribution is 0.498. The van der Waals surface area contributed by atoms with Gasteiger partial charge in [-0.15, -0.1) is 6.58 Å². The van der Waals surface area contributed by atoms with Gasteiger partial charge < -0.3 is 4.57 Å². The van der Waals surface area contributed by atoms with E-state index in [0.717, 1.165) is 36.7 Å². The summed E-state index contributed by atoms with van der Waals surface area (Å²) in [6.45, 7) is 4.37. The Hall–Kier alpha value is -3.02. The molecule has 0 bridgehead atoms. The molecule has 3 heterocycles. The third-order valence-corrected chi connectivity index (χ3v) is 5.31. The van der Waals surface area contributed by atoms with Crippen LogP contribution >= 0.6 is 0 Å². The predicted octanol–water partition coefficient (Wildman–Crippen LogP) is 3.60. The first-order valence-corrected chi connectivity index (χ1v) is 9.04. The Morgan fingerprint density at radius 3 is 2.58 bits per heavy atom. The zero-order chi connectivity index (χ0) is 17.7. The monoisotopic (exact) mass is 345 g/mol. The van der Waals surface area contributed by atoms with Gasteiger partial charge in [0, 0.05) is 12.6 Å². The summed E-state index contributed by atoms with van der Waals surface area (Å²) in [5, 5.41) is 0.564. The Labute approximate surface area is 149 Å². The van der Waals surface area contributed by atoms with Gasteiger partial charge in [-0.3, -0.25) is 9.36 Å². The van der Waals surface area contributed by atoms with Gasteiger partial charge in [-0.1, -0.05) is 31.1 Å². The van der Waals surface area contributed by atoms with Crippen molar-refractivity contribution in [3.05, 3.63) is 53.6 Å². The van der Waals surface area contributed by atoms with Crippen LogP contribution in [0.4, 0.5) is 0 Å². The van der Waals surface area contributed by atoms with Crippen LogP contribution in [-0.2, 0) is 6.54 Å². The number of hydrogen-bond donors (Lipinski definition) is 0. The average Bonchev–Trinajstić information content (AvgIpc) is 3.28. The van der Waals surface area contributed by atoms with Crippen molar-refractivity contribution in [3.8, 4) is 0 Å². The number of aromatic nitrogens is 5. The second-order valence-corrected chi connectivity index (χ2v) is 6.88. The summed E-state index contributed by atoms with van der Waals surface area (Å²) < 4.78 is 3.72. The molecule has 0 radical (unpaired) electrons. The highest BCUT2D eigenvalue weighted by molar-refractivity contribution is 6.04. The topological polar surface area (TPSA) is 65.6 Å². The van der Waals surface area contributed by atoms with E-state index in [1.54, 1.807) is 17.0 Å². The summed E-state index contributed by atoms with van der Waals surface area (Å²) in [5.41, 5.74) is 3.53. The van der Waals surface area contributed by atoms with E-state index >= 15 is 0 Å². The Morgan fingerprint density at radius 1 is 1.12 bits per heavy atom. The van der Waals surface area contributed by atoms with Gasteiger partial charge >= 0.3 is 0 Å². The third kappa shape index (κ3) is 2.11. The van der Waals surface area contributed by atoms with Crippen LogP contribution < -0.4 is 5.56 Å². The van der Waals surface area contributed by atoms with Gasteiger partial charge in [0.05, 0.1) is 11.0 Å². The van der Waals surface area contributed by atoms with Gasteiger partial charge in [0.2, 0.25) is 0 Å². The van der Waals surface area contributed by atoms with Crippen LogP contribution in [0.25, 0.3) is 33.2 Å². The van der Waals surface area contributed by atoms with Crippen LogP contribution in [0, 0.1) is 0 Å². The molecule has 0 unspecified atom stereocenters. The molecule has 0 saturated heterocycles. The van der Waals surface area contributed by atoms with Crippen LogP contribution in [0.2, 0.25) is 0 Å². The second kappa shape index (κ2) is 5.76. The predicted molar refractivity (Wildman–Crippen MR) is 102 cm³/mol. The van der Waals surface area contributed by atoms with Gasteiger partial charge in [-0.05, 0) is 25.0 Å². The summed E-state index contributed by atoms with van der Waals surface area (Å²) in [7, 11) is 0. The summed E-state index contributed by atoms with van der Waals surface area (Å²) in [4.78, 5) is 27.5. The fourth-order valence-electron chi connectivity index (χ4n) is 4.06. The van der Waals surface area contributed by atoms with Crippen LogP contribution in [0.15, 0.2) is 48.0 Å². The first-order chi connectivity index (χ1) is 12.8. The van der Waals surface area contributed by atoms with Crippen LogP contribution in [0.3, 0.4) is 0 Å². The largest absolute Gasteiger partial charge is 0.305 e. The molecule has 1 fully saturated rings. The molecule has 26 heavy (non-hydrogen) atoms. The van der Waals surface area contributed by atoms with E-state index in [-0.39, 0.29) is 11.6 Å². The van der Waals surface area contributed by atoms with E-state index < -0.39 is 0 Å². The van der Waals surface area contributed by atoms with Crippen molar-refractivity contribution in [3.63, 3.8) is 0 Å². The summed E-state index contributed by atoms with van der Waals surface area (Å²) in [6, 6.07) is 7.97. The molecule has 6 heteroatoms. The quantitative estimate of drug-likeness (QED) is 0.532. The number of para-hydroxylation sites is 2. The standard InChI is InChI=1S/C20H19N5O/c1-2-11-24-18-16(20(26)25(12-21-18)13-7-3-4-8-13)17-19(24)23-15-10-6-5-9-14(15)22-17/h2,5-6,9-10,12-13H,1,3-4,7-8,11H2. The molecule has 0 spiro atoms. The maximum Gasteiger partial charge on any atom is 0.265 e. The van der Waals surface area contributed by atoms with Gasteiger partial charge in [-0.2, -0.15) is 0 Å². The molecule has 1 saturated carbocycles. The Morgan fingerprint density at radius 2 is 1.85 bits per heavy atom. The molecule has 0 amide bonds. The highest BCUT2D eigenvalue weighted by Gasteiger charge is 2.23. The number of allylic oxidation sites excluding steroid dienone is 1. The molecule has 4 aromatic rings. The minimum atomic E-state index is -0.0145. The minimum absolute atomic E-state index is 0.0145. The van der Waals surface area contributed by atoms with E-state index in [1.807, 2.05) is 28.8 Å². The Bertz CT molecular complexity index is 1210. The van der Waals surface area contributed by atoms with Crippen molar-refractivity contribution in [1.29, 1.82) is 0 Å². The third-order valence-electron chi connectivity index (χ3n) is 5.31. The van der Waals surface area contributed by atoms with E-state index in [1.165, 1.54) is 0 Å². The lowest BCUT2D eigenvalue weighted by atomic mass is 10.2. The fraction of sp³-hybridized carbons (Fsp3) is 0.300. The molecule has 1 aliphatic rings. The maximum atomic E-state index is 13.3. The number of hydrogen-bond acceptors (Lipinski definition) is 4. The molecule has 0 N–H and O–H groups in total. The van der Waals surface area contributed by atoms with Crippen molar-refractivity contribution in [2.75, 3.05) is 0 Å². The molecule has 3 aromatic heterocycles. The van der Waals surface area contributed by atoms with Gasteiger partial charge in [-0.25, -0.2) is 15.0 Å². The Balaban J connectivity index is 1.91. The minimum Gasteiger partial charge on any atom is -0.305 e. The molecule has 5 rings (SSSR count). The van der Waals surface area contributed by atoms with Crippen LogP contribution in [-0.4, -0.2) is 24.1 Å². The first kappa shape index (κ1) is 15.3. The van der Waals surface area contributed by atoms with E-state index in [9.17, 15) is 4.79 Å². The van der Waals surface area contributed by atoms with E-state index in [4.69, 9.17) is 9.97 Å². The number of fused-ring (bicyclic) bond motifs is 4. The molecule has 0 aliphatic heterocycles. The lowest BCUT2D eigenvalue weighted by Crippen LogP contribution is -2.23. The van der Waals surface area contributed by atoms with Crippen LogP contribution in [0.5, 0.6) is 0 Å². The molecular formula is C20H19N5O. The lowest BCUT2D eigenvalue weighted by Gasteiger charge is -2.12. The fourth-order valence-corrected chi connectivity index (χ4v) is 4.06. The van der Waals surface area contributed by atoms with Gasteiger partial charge in [0.1, 0.15) is 17.2 Å². The number of rotatable bonds is 3. The molecule has 6 nitrogen and oxygen atoms in total. The van der Waals surface area contributed by atoms with E-state index in [0.29, 0.717) is 28.7 Å². The summed E-state index contributed by atoms with van der Waals surface area (Å²) in [5.74, 6) is 0. The number of nitrogens with zero attached hydrogens (tertiary/aromatic N) is 5. The zero-order valence-electron chi connectivity index (χ0n) is 14.4. The summed E-state index contributed by atoms with van der Waals surface area (Å²) >= 11 is 0. The van der Waals surface area contributed by atoms with E-state index in [2.05, 4.69) is 11.6 Å². The van der Waals surface area contributed by atoms with Crippen molar-refractivity contribution >= 4 is 33.2 Å². The average molecular weight is 345 g/mol. The molecule has 130 valence electrons. The van der Waals surface area contributed by atoms with Gasteiger partial charge in [0.15, 0.2) is 11.3 Å². The second-order valence-electron chi connectivity index (χ2n) is 6.88. The smallest absolute Gasteiger partial charge is 0.265 e. The van der Waals surface area contributed by atoms with Crippen molar-refractivity contribution in [2.24, 2.45) is 0 Å². The molecular weight excluding hydrogens is 326 g/mol. The van der Waals surface area contributed by atoms with Crippen molar-refractivity contribution in [1.82, 2.24) is 24.1 Å².